The summed E-state index contributed by atoms with van der Waals surface area (Å²) in [4.78, 5) is 18.2. The molecule has 1 fully saturated rings. The minimum Gasteiger partial charge on any atom is -0.304 e. The molecule has 0 aromatic rings. The summed E-state index contributed by atoms with van der Waals surface area (Å²) in [5.74, 6) is 0.0492. The maximum Gasteiger partial charge on any atom is 0.448 e. The Kier molecular flexibility index (Phi) is 5.67. The van der Waals surface area contributed by atoms with Crippen LogP contribution in [0.4, 0.5) is 4.79 Å². The zero-order chi connectivity index (χ0) is 12.8. The number of carbonyl (C=O) groups excluding carboxylic acids is 1. The maximum absolute atomic E-state index is 11.4. The van der Waals surface area contributed by atoms with Crippen molar-refractivity contribution in [2.75, 3.05) is 33.2 Å². The molecule has 1 saturated heterocycles. The predicted octanol–water partition coefficient (Wildman–Crippen LogP) is 1.08. The molecule has 0 unspecified atom stereocenters. The van der Waals surface area contributed by atoms with Gasteiger partial charge in [0.2, 0.25) is 0 Å². The first-order chi connectivity index (χ1) is 7.99. The van der Waals surface area contributed by atoms with Gasteiger partial charge < -0.3 is 4.90 Å². The molecular weight excluding hydrogens is 244 g/mol. The van der Waals surface area contributed by atoms with Gasteiger partial charge in [-0.05, 0) is 7.05 Å². The molecule has 0 aromatic heterocycles. The van der Waals surface area contributed by atoms with E-state index in [4.69, 9.17) is 11.6 Å². The monoisotopic (exact) mass is 262 g/mol. The second kappa shape index (κ2) is 6.78. The quantitative estimate of drug-likeness (QED) is 0.470. The molecule has 0 aliphatic carbocycles. The highest BCUT2D eigenvalue weighted by atomic mass is 35.5. The van der Waals surface area contributed by atoms with E-state index in [1.54, 1.807) is 5.01 Å². The fourth-order valence-electron chi connectivity index (χ4n) is 1.26. The van der Waals surface area contributed by atoms with Crippen LogP contribution in [-0.4, -0.2) is 54.4 Å². The minimum atomic E-state index is -0.603. The first kappa shape index (κ1) is 14.2. The zero-order valence-electron chi connectivity index (χ0n) is 10.4. The fraction of sp³-hybridized carbons (Fsp3) is 0.800. The topological polar surface area (TPSA) is 57.2 Å². The molecule has 0 saturated carbocycles. The van der Waals surface area contributed by atoms with Gasteiger partial charge in [-0.25, -0.2) is 9.80 Å². The van der Waals surface area contributed by atoms with Crippen LogP contribution in [0.15, 0.2) is 5.16 Å². The van der Waals surface area contributed by atoms with Crippen molar-refractivity contribution in [2.45, 2.75) is 13.8 Å². The van der Waals surface area contributed by atoms with E-state index < -0.39 is 6.09 Å². The number of rotatable bonds is 3. The van der Waals surface area contributed by atoms with Crippen molar-refractivity contribution in [1.29, 1.82) is 0 Å². The van der Waals surface area contributed by atoms with Crippen molar-refractivity contribution >= 4 is 22.9 Å². The molecule has 0 bridgehead atoms. The molecule has 0 aromatic carbocycles. The Hall–Kier alpha value is -0.850. The van der Waals surface area contributed by atoms with Crippen LogP contribution in [0.5, 0.6) is 0 Å². The van der Waals surface area contributed by atoms with Gasteiger partial charge in [0, 0.05) is 32.1 Å². The maximum atomic E-state index is 11.4. The van der Waals surface area contributed by atoms with E-state index in [0.29, 0.717) is 0 Å². The lowest BCUT2D eigenvalue weighted by Gasteiger charge is -2.31. The van der Waals surface area contributed by atoms with Gasteiger partial charge in [-0.15, -0.1) is 0 Å². The van der Waals surface area contributed by atoms with Gasteiger partial charge in [-0.2, -0.15) is 0 Å². The third kappa shape index (κ3) is 5.34. The van der Waals surface area contributed by atoms with Gasteiger partial charge in [0.05, 0.1) is 0 Å². The van der Waals surface area contributed by atoms with Crippen LogP contribution in [0, 0.1) is 5.92 Å². The molecule has 7 heteroatoms. The molecule has 0 atom stereocenters. The summed E-state index contributed by atoms with van der Waals surface area (Å²) in [6, 6.07) is 0. The summed E-state index contributed by atoms with van der Waals surface area (Å²) in [5, 5.41) is 5.62. The number of nitrogens with zero attached hydrogens (tertiary/aromatic N) is 3. The lowest BCUT2D eigenvalue weighted by Crippen LogP contribution is -2.52. The average molecular weight is 263 g/mol. The summed E-state index contributed by atoms with van der Waals surface area (Å²) >= 11 is 5.75. The number of halogens is 1. The summed E-state index contributed by atoms with van der Waals surface area (Å²) < 4.78 is 0. The largest absolute Gasteiger partial charge is 0.448 e. The van der Waals surface area contributed by atoms with Crippen molar-refractivity contribution in [2.24, 2.45) is 11.1 Å². The van der Waals surface area contributed by atoms with E-state index in [0.717, 1.165) is 26.2 Å². The lowest BCUT2D eigenvalue weighted by atomic mass is 10.2. The number of amides is 1. The van der Waals surface area contributed by atoms with Crippen LogP contribution < -0.4 is 5.43 Å². The molecule has 1 amide bonds. The third-order valence-electron chi connectivity index (χ3n) is 2.44. The second-order valence-corrected chi connectivity index (χ2v) is 4.74. The summed E-state index contributed by atoms with van der Waals surface area (Å²) in [7, 11) is 2.04. The van der Waals surface area contributed by atoms with Crippen molar-refractivity contribution in [3.05, 3.63) is 0 Å². The Morgan fingerprint density at radius 1 is 1.35 bits per heavy atom. The molecule has 6 nitrogen and oxygen atoms in total. The SMILES string of the molecule is CC(C)/C(Cl)=N/OC(=O)NN1CCN(C)CC1. The molecule has 1 rings (SSSR count). The first-order valence-electron chi connectivity index (χ1n) is 5.63. The number of piperazine rings is 1. The molecule has 1 aliphatic heterocycles. The van der Waals surface area contributed by atoms with Crippen LogP contribution >= 0.6 is 11.6 Å². The van der Waals surface area contributed by atoms with Crippen LogP contribution in [0.1, 0.15) is 13.8 Å². The highest BCUT2D eigenvalue weighted by Gasteiger charge is 2.16. The van der Waals surface area contributed by atoms with Gasteiger partial charge in [-0.1, -0.05) is 30.6 Å². The number of carbonyl (C=O) groups is 1. The van der Waals surface area contributed by atoms with Gasteiger partial charge in [0.15, 0.2) is 0 Å². The highest BCUT2D eigenvalue weighted by Crippen LogP contribution is 2.02. The molecule has 0 radical (unpaired) electrons. The minimum absolute atomic E-state index is 0.0492. The van der Waals surface area contributed by atoms with Gasteiger partial charge >= 0.3 is 6.09 Å². The standard InChI is InChI=1S/C10H19ClN4O2/c1-8(2)9(11)13-17-10(16)12-15-6-4-14(3)5-7-15/h8H,4-7H2,1-3H3,(H,12,16)/b13-9-. The molecule has 1 aliphatic rings. The van der Waals surface area contributed by atoms with Crippen LogP contribution in [0.2, 0.25) is 0 Å². The van der Waals surface area contributed by atoms with Gasteiger partial charge in [-0.3, -0.25) is 10.3 Å². The van der Waals surface area contributed by atoms with E-state index >= 15 is 0 Å². The number of hydrazine groups is 1. The van der Waals surface area contributed by atoms with Crippen molar-refractivity contribution in [3.63, 3.8) is 0 Å². The van der Waals surface area contributed by atoms with E-state index in [9.17, 15) is 4.79 Å². The van der Waals surface area contributed by atoms with Crippen molar-refractivity contribution in [3.8, 4) is 0 Å². The normalized spacial score (nSPS) is 19.5. The zero-order valence-corrected chi connectivity index (χ0v) is 11.2. The lowest BCUT2D eigenvalue weighted by molar-refractivity contribution is 0.0780. The number of likely N-dealkylation sites (N-methyl/N-ethyl adjacent to an activating group) is 1. The Bertz CT molecular complexity index is 288. The smallest absolute Gasteiger partial charge is 0.304 e. The van der Waals surface area contributed by atoms with Crippen LogP contribution in [0.3, 0.4) is 0 Å². The Morgan fingerprint density at radius 2 is 1.94 bits per heavy atom. The summed E-state index contributed by atoms with van der Waals surface area (Å²) in [6.07, 6.45) is -0.603. The number of nitrogens with one attached hydrogen (secondary N) is 1. The van der Waals surface area contributed by atoms with E-state index in [2.05, 4.69) is 20.3 Å². The van der Waals surface area contributed by atoms with Gasteiger partial charge in [0.25, 0.3) is 0 Å². The molecule has 17 heavy (non-hydrogen) atoms. The number of oxime groups is 1. The molecule has 1 heterocycles. The van der Waals surface area contributed by atoms with Gasteiger partial charge in [0.1, 0.15) is 5.17 Å². The molecule has 0 spiro atoms. The van der Waals surface area contributed by atoms with E-state index in [1.165, 1.54) is 0 Å². The highest BCUT2D eigenvalue weighted by molar-refractivity contribution is 6.65. The second-order valence-electron chi connectivity index (χ2n) is 4.35. The average Bonchev–Trinajstić information content (AvgIpc) is 2.29. The third-order valence-corrected chi connectivity index (χ3v) is 2.95. The molecular formula is C10H19ClN4O2. The van der Waals surface area contributed by atoms with Crippen LogP contribution in [0.25, 0.3) is 0 Å². The number of hydrogen-bond acceptors (Lipinski definition) is 5. The van der Waals surface area contributed by atoms with E-state index in [1.807, 2.05) is 20.9 Å². The van der Waals surface area contributed by atoms with Crippen molar-refractivity contribution in [1.82, 2.24) is 15.3 Å². The fourth-order valence-corrected chi connectivity index (χ4v) is 1.29. The number of hydrogen-bond donors (Lipinski definition) is 1. The van der Waals surface area contributed by atoms with E-state index in [-0.39, 0.29) is 11.1 Å². The van der Waals surface area contributed by atoms with Crippen molar-refractivity contribution < 1.29 is 9.63 Å². The Morgan fingerprint density at radius 3 is 2.47 bits per heavy atom. The summed E-state index contributed by atoms with van der Waals surface area (Å²) in [6.45, 7) is 7.11. The predicted molar refractivity (Wildman–Crippen MR) is 66.8 cm³/mol. The molecule has 1 N–H and O–H groups in total. The molecule has 98 valence electrons. The summed E-state index contributed by atoms with van der Waals surface area (Å²) in [5.41, 5.74) is 2.61. The Labute approximate surface area is 106 Å². The Balaban J connectivity index is 2.28. The van der Waals surface area contributed by atoms with Crippen LogP contribution in [-0.2, 0) is 4.84 Å². The first-order valence-corrected chi connectivity index (χ1v) is 6.01.